The van der Waals surface area contributed by atoms with Crippen molar-refractivity contribution >= 4 is 23.6 Å². The molecule has 1 saturated heterocycles. The summed E-state index contributed by atoms with van der Waals surface area (Å²) in [5, 5.41) is 4.35. The lowest BCUT2D eigenvalue weighted by Crippen LogP contribution is -2.54. The van der Waals surface area contributed by atoms with Gasteiger partial charge in [0.1, 0.15) is 12.1 Å². The van der Waals surface area contributed by atoms with E-state index >= 15 is 0 Å². The molecule has 0 aliphatic carbocycles. The Kier molecular flexibility index (Phi) is 5.22. The van der Waals surface area contributed by atoms with Crippen LogP contribution in [0.2, 0.25) is 0 Å². The lowest BCUT2D eigenvalue weighted by atomic mass is 10.0. The number of alkyl halides is 3. The highest BCUT2D eigenvalue weighted by atomic mass is 19.4. The second-order valence-electron chi connectivity index (χ2n) is 6.54. The van der Waals surface area contributed by atoms with Crippen LogP contribution in [0, 0.1) is 0 Å². The van der Waals surface area contributed by atoms with E-state index in [0.29, 0.717) is 5.56 Å². The Morgan fingerprint density at radius 3 is 2.46 bits per heavy atom. The molecule has 28 heavy (non-hydrogen) atoms. The molecule has 2 aliphatic heterocycles. The molecule has 1 aromatic carbocycles. The maximum atomic E-state index is 12.8. The summed E-state index contributed by atoms with van der Waals surface area (Å²) in [7, 11) is 0. The molecule has 2 unspecified atom stereocenters. The van der Waals surface area contributed by atoms with Crippen molar-refractivity contribution in [2.45, 2.75) is 37.6 Å². The van der Waals surface area contributed by atoms with Gasteiger partial charge >= 0.3 is 6.18 Å². The smallest absolute Gasteiger partial charge is 0.329 e. The van der Waals surface area contributed by atoms with Gasteiger partial charge in [-0.25, -0.2) is 0 Å². The van der Waals surface area contributed by atoms with Crippen molar-refractivity contribution in [1.29, 1.82) is 0 Å². The number of imide groups is 2. The Hall–Kier alpha value is -2.79. The van der Waals surface area contributed by atoms with Gasteiger partial charge < -0.3 is 11.1 Å². The van der Waals surface area contributed by atoms with Crippen LogP contribution >= 0.6 is 0 Å². The van der Waals surface area contributed by atoms with E-state index in [-0.39, 0.29) is 30.5 Å². The quantitative estimate of drug-likeness (QED) is 0.604. The standard InChI is InChI=1S/C17H17F3N4O4/c18-17(19,20)12(6-21)22-7-8-1-2-9-10(5-8)16(28)24(15(9)27)11-3-4-13(25)23-14(11)26/h1-2,5,11-12,22H,3-4,6-7,21H2,(H,23,25,26). The highest BCUT2D eigenvalue weighted by Gasteiger charge is 2.44. The van der Waals surface area contributed by atoms with E-state index < -0.39 is 48.4 Å². The van der Waals surface area contributed by atoms with E-state index in [1.54, 1.807) is 0 Å². The number of carbonyl (C=O) groups is 4. The summed E-state index contributed by atoms with van der Waals surface area (Å²) in [6.07, 6.45) is -4.49. The fourth-order valence-electron chi connectivity index (χ4n) is 3.20. The topological polar surface area (TPSA) is 122 Å². The van der Waals surface area contributed by atoms with Crippen LogP contribution in [0.1, 0.15) is 39.1 Å². The highest BCUT2D eigenvalue weighted by molar-refractivity contribution is 6.23. The first-order valence-corrected chi connectivity index (χ1v) is 8.48. The van der Waals surface area contributed by atoms with Crippen molar-refractivity contribution < 1.29 is 32.3 Å². The number of hydrogen-bond acceptors (Lipinski definition) is 6. The second-order valence-corrected chi connectivity index (χ2v) is 6.54. The van der Waals surface area contributed by atoms with Crippen molar-refractivity contribution in [1.82, 2.24) is 15.5 Å². The average molecular weight is 398 g/mol. The maximum Gasteiger partial charge on any atom is 0.405 e. The molecule has 0 spiro atoms. The number of carbonyl (C=O) groups excluding carboxylic acids is 4. The van der Waals surface area contributed by atoms with Crippen molar-refractivity contribution in [2.75, 3.05) is 6.54 Å². The van der Waals surface area contributed by atoms with Gasteiger partial charge in [-0.05, 0) is 24.1 Å². The number of nitrogens with zero attached hydrogens (tertiary/aromatic N) is 1. The number of benzene rings is 1. The number of amides is 4. The average Bonchev–Trinajstić information content (AvgIpc) is 2.85. The number of halogens is 3. The van der Waals surface area contributed by atoms with E-state index in [2.05, 4.69) is 10.6 Å². The van der Waals surface area contributed by atoms with Crippen molar-refractivity contribution in [3.05, 3.63) is 34.9 Å². The number of rotatable bonds is 5. The van der Waals surface area contributed by atoms with Crippen LogP contribution in [0.25, 0.3) is 0 Å². The third-order valence-corrected chi connectivity index (χ3v) is 4.69. The summed E-state index contributed by atoms with van der Waals surface area (Å²) in [5.41, 5.74) is 5.55. The normalized spacial score (nSPS) is 21.0. The summed E-state index contributed by atoms with van der Waals surface area (Å²) in [6, 6.07) is 1.08. The van der Waals surface area contributed by atoms with Crippen LogP contribution in [-0.2, 0) is 16.1 Å². The van der Waals surface area contributed by atoms with Crippen LogP contribution in [0.4, 0.5) is 13.2 Å². The number of nitrogens with two attached hydrogens (primary N) is 1. The summed E-state index contributed by atoms with van der Waals surface area (Å²) in [5.74, 6) is -2.61. The number of hydrogen-bond donors (Lipinski definition) is 3. The lowest BCUT2D eigenvalue weighted by molar-refractivity contribution is -0.153. The molecule has 4 N–H and O–H groups in total. The third kappa shape index (κ3) is 3.62. The van der Waals surface area contributed by atoms with Gasteiger partial charge in [-0.1, -0.05) is 6.07 Å². The maximum absolute atomic E-state index is 12.8. The number of piperidine rings is 1. The molecular formula is C17H17F3N4O4. The van der Waals surface area contributed by atoms with Crippen molar-refractivity contribution in [3.8, 4) is 0 Å². The van der Waals surface area contributed by atoms with Crippen LogP contribution < -0.4 is 16.4 Å². The molecule has 0 bridgehead atoms. The van der Waals surface area contributed by atoms with Crippen molar-refractivity contribution in [2.24, 2.45) is 5.73 Å². The molecule has 1 aromatic rings. The molecule has 2 atom stereocenters. The van der Waals surface area contributed by atoms with Crippen molar-refractivity contribution in [3.63, 3.8) is 0 Å². The van der Waals surface area contributed by atoms with E-state index in [9.17, 15) is 32.3 Å². The van der Waals surface area contributed by atoms with Crippen LogP contribution in [0.5, 0.6) is 0 Å². The van der Waals surface area contributed by atoms with Gasteiger partial charge in [-0.2, -0.15) is 13.2 Å². The first-order chi connectivity index (χ1) is 13.1. The molecule has 4 amide bonds. The molecular weight excluding hydrogens is 381 g/mol. The molecule has 8 nitrogen and oxygen atoms in total. The molecule has 0 saturated carbocycles. The van der Waals surface area contributed by atoms with E-state index in [1.165, 1.54) is 18.2 Å². The fraction of sp³-hybridized carbons (Fsp3) is 0.412. The summed E-state index contributed by atoms with van der Waals surface area (Å²) in [6.45, 7) is -0.857. The molecule has 2 heterocycles. The van der Waals surface area contributed by atoms with Gasteiger partial charge in [-0.3, -0.25) is 29.4 Å². The molecule has 0 radical (unpaired) electrons. The first-order valence-electron chi connectivity index (χ1n) is 8.48. The van der Waals surface area contributed by atoms with Gasteiger partial charge in [0.05, 0.1) is 11.1 Å². The van der Waals surface area contributed by atoms with Gasteiger partial charge in [0.25, 0.3) is 11.8 Å². The zero-order valence-electron chi connectivity index (χ0n) is 14.5. The Morgan fingerprint density at radius 2 is 1.86 bits per heavy atom. The van der Waals surface area contributed by atoms with E-state index in [0.717, 1.165) is 4.90 Å². The monoisotopic (exact) mass is 398 g/mol. The molecule has 0 aromatic heterocycles. The third-order valence-electron chi connectivity index (χ3n) is 4.69. The van der Waals surface area contributed by atoms with Gasteiger partial charge in [0, 0.05) is 19.5 Å². The zero-order chi connectivity index (χ0) is 20.6. The zero-order valence-corrected chi connectivity index (χ0v) is 14.5. The van der Waals surface area contributed by atoms with Crippen LogP contribution in [0.3, 0.4) is 0 Å². The number of nitrogens with one attached hydrogen (secondary N) is 2. The Morgan fingerprint density at radius 1 is 1.18 bits per heavy atom. The molecule has 2 aliphatic rings. The molecule has 150 valence electrons. The number of fused-ring (bicyclic) bond motifs is 1. The summed E-state index contributed by atoms with van der Waals surface area (Å²) < 4.78 is 38.3. The van der Waals surface area contributed by atoms with Crippen LogP contribution in [-0.4, -0.2) is 53.3 Å². The molecule has 11 heteroatoms. The Labute approximate surface area is 157 Å². The van der Waals surface area contributed by atoms with Gasteiger partial charge in [0.15, 0.2) is 0 Å². The summed E-state index contributed by atoms with van der Waals surface area (Å²) in [4.78, 5) is 49.3. The Balaban J connectivity index is 1.78. The lowest BCUT2D eigenvalue weighted by Gasteiger charge is -2.27. The molecule has 3 rings (SSSR count). The first kappa shape index (κ1) is 20.0. The summed E-state index contributed by atoms with van der Waals surface area (Å²) >= 11 is 0. The molecule has 1 fully saturated rings. The highest BCUT2D eigenvalue weighted by Crippen LogP contribution is 2.28. The van der Waals surface area contributed by atoms with E-state index in [1.807, 2.05) is 0 Å². The fourth-order valence-corrected chi connectivity index (χ4v) is 3.20. The minimum absolute atomic E-state index is 0.00307. The predicted molar refractivity (Wildman–Crippen MR) is 88.9 cm³/mol. The van der Waals surface area contributed by atoms with E-state index in [4.69, 9.17) is 5.73 Å². The minimum atomic E-state index is -4.51. The van der Waals surface area contributed by atoms with Crippen LogP contribution in [0.15, 0.2) is 18.2 Å². The largest absolute Gasteiger partial charge is 0.405 e. The second kappa shape index (κ2) is 7.32. The predicted octanol–water partition coefficient (Wildman–Crippen LogP) is 0.0670. The minimum Gasteiger partial charge on any atom is -0.329 e. The van der Waals surface area contributed by atoms with Gasteiger partial charge in [-0.15, -0.1) is 0 Å². The Bertz CT molecular complexity index is 855. The SMILES string of the molecule is NCC(NCc1ccc2c(c1)C(=O)N(C1CCC(=O)NC1=O)C2=O)C(F)(F)F. The van der Waals surface area contributed by atoms with Gasteiger partial charge in [0.2, 0.25) is 11.8 Å².